The highest BCUT2D eigenvalue weighted by molar-refractivity contribution is 6.01. The molecule has 1 aliphatic rings. The van der Waals surface area contributed by atoms with Crippen LogP contribution in [0.5, 0.6) is 0 Å². The van der Waals surface area contributed by atoms with E-state index in [-0.39, 0.29) is 24.7 Å². The standard InChI is InChI=1S/C21H25N3O2/c1-22-14-16-23(17-15-22)20(25)12-13-21(26)24(18-8-4-2-5-9-18)19-10-6-3-7-11-19/h2-11H,12-17H2,1H3. The molecule has 0 N–H and O–H groups in total. The molecule has 0 atom stereocenters. The summed E-state index contributed by atoms with van der Waals surface area (Å²) in [6, 6.07) is 19.1. The third-order valence-corrected chi connectivity index (χ3v) is 4.69. The zero-order chi connectivity index (χ0) is 18.4. The first kappa shape index (κ1) is 18.1. The summed E-state index contributed by atoms with van der Waals surface area (Å²) >= 11 is 0. The molecule has 0 aliphatic carbocycles. The van der Waals surface area contributed by atoms with Gasteiger partial charge in [0.2, 0.25) is 11.8 Å². The van der Waals surface area contributed by atoms with Crippen LogP contribution in [0.1, 0.15) is 12.8 Å². The van der Waals surface area contributed by atoms with Gasteiger partial charge in [-0.05, 0) is 31.3 Å². The van der Waals surface area contributed by atoms with Gasteiger partial charge in [0.15, 0.2) is 0 Å². The summed E-state index contributed by atoms with van der Waals surface area (Å²) in [4.78, 5) is 31.1. The Balaban J connectivity index is 1.67. The molecule has 0 bridgehead atoms. The minimum absolute atomic E-state index is 0.0625. The van der Waals surface area contributed by atoms with Gasteiger partial charge in [-0.3, -0.25) is 14.5 Å². The van der Waals surface area contributed by atoms with Gasteiger partial charge >= 0.3 is 0 Å². The number of para-hydroxylation sites is 2. The minimum atomic E-state index is -0.0649. The number of hydrogen-bond donors (Lipinski definition) is 0. The van der Waals surface area contributed by atoms with Crippen molar-refractivity contribution in [3.05, 3.63) is 60.7 Å². The first-order valence-corrected chi connectivity index (χ1v) is 9.04. The predicted molar refractivity (Wildman–Crippen MR) is 103 cm³/mol. The first-order chi connectivity index (χ1) is 12.6. The van der Waals surface area contributed by atoms with Crippen molar-refractivity contribution in [2.24, 2.45) is 0 Å². The third kappa shape index (κ3) is 4.49. The molecule has 26 heavy (non-hydrogen) atoms. The summed E-state index contributed by atoms with van der Waals surface area (Å²) < 4.78 is 0. The Labute approximate surface area is 154 Å². The quantitative estimate of drug-likeness (QED) is 0.832. The van der Waals surface area contributed by atoms with E-state index in [4.69, 9.17) is 0 Å². The highest BCUT2D eigenvalue weighted by Gasteiger charge is 2.22. The molecule has 5 nitrogen and oxygen atoms in total. The lowest BCUT2D eigenvalue weighted by Crippen LogP contribution is -2.47. The maximum absolute atomic E-state index is 12.9. The number of nitrogens with zero attached hydrogens (tertiary/aromatic N) is 3. The molecule has 1 fully saturated rings. The van der Waals surface area contributed by atoms with Crippen LogP contribution in [0.15, 0.2) is 60.7 Å². The van der Waals surface area contributed by atoms with E-state index in [1.54, 1.807) is 4.90 Å². The second-order valence-electron chi connectivity index (χ2n) is 6.58. The van der Waals surface area contributed by atoms with Gasteiger partial charge in [0.05, 0.1) is 0 Å². The van der Waals surface area contributed by atoms with Crippen molar-refractivity contribution in [2.45, 2.75) is 12.8 Å². The molecule has 2 aromatic rings. The van der Waals surface area contributed by atoms with Crippen LogP contribution in [0.4, 0.5) is 11.4 Å². The van der Waals surface area contributed by atoms with Crippen molar-refractivity contribution in [3.63, 3.8) is 0 Å². The number of carbonyl (C=O) groups excluding carboxylic acids is 2. The Kier molecular flexibility index (Phi) is 6.02. The van der Waals surface area contributed by atoms with Crippen LogP contribution in [0, 0.1) is 0 Å². The monoisotopic (exact) mass is 351 g/mol. The second-order valence-corrected chi connectivity index (χ2v) is 6.58. The molecule has 2 aromatic carbocycles. The van der Waals surface area contributed by atoms with E-state index in [0.717, 1.165) is 37.6 Å². The summed E-state index contributed by atoms with van der Waals surface area (Å²) in [5.74, 6) is -0.00241. The van der Waals surface area contributed by atoms with E-state index >= 15 is 0 Å². The summed E-state index contributed by atoms with van der Waals surface area (Å²) in [5, 5.41) is 0. The molecule has 5 heteroatoms. The predicted octanol–water partition coefficient (Wildman–Crippen LogP) is 2.91. The van der Waals surface area contributed by atoms with Gasteiger partial charge in [-0.1, -0.05) is 36.4 Å². The van der Waals surface area contributed by atoms with Crippen molar-refractivity contribution in [3.8, 4) is 0 Å². The number of rotatable bonds is 5. The summed E-state index contributed by atoms with van der Waals surface area (Å²) in [7, 11) is 2.06. The molecule has 0 unspecified atom stereocenters. The molecular weight excluding hydrogens is 326 g/mol. The topological polar surface area (TPSA) is 43.9 Å². The van der Waals surface area contributed by atoms with Crippen LogP contribution in [-0.2, 0) is 9.59 Å². The van der Waals surface area contributed by atoms with E-state index in [1.807, 2.05) is 65.6 Å². The zero-order valence-corrected chi connectivity index (χ0v) is 15.2. The van der Waals surface area contributed by atoms with E-state index in [1.165, 1.54) is 0 Å². The normalized spacial score (nSPS) is 14.9. The number of hydrogen-bond acceptors (Lipinski definition) is 3. The summed E-state index contributed by atoms with van der Waals surface area (Å²) in [6.45, 7) is 3.26. The van der Waals surface area contributed by atoms with E-state index in [2.05, 4.69) is 11.9 Å². The number of carbonyl (C=O) groups is 2. The Bertz CT molecular complexity index is 686. The Hall–Kier alpha value is -2.66. The maximum Gasteiger partial charge on any atom is 0.232 e. The number of piperazine rings is 1. The molecule has 3 rings (SSSR count). The van der Waals surface area contributed by atoms with Crippen molar-refractivity contribution >= 4 is 23.2 Å². The fraction of sp³-hybridized carbons (Fsp3) is 0.333. The minimum Gasteiger partial charge on any atom is -0.340 e. The van der Waals surface area contributed by atoms with E-state index < -0.39 is 0 Å². The second kappa shape index (κ2) is 8.63. The zero-order valence-electron chi connectivity index (χ0n) is 15.2. The number of benzene rings is 2. The average molecular weight is 351 g/mol. The molecule has 0 radical (unpaired) electrons. The number of amides is 2. The van der Waals surface area contributed by atoms with Gasteiger partial charge in [-0.25, -0.2) is 0 Å². The molecule has 0 aromatic heterocycles. The highest BCUT2D eigenvalue weighted by Crippen LogP contribution is 2.26. The Morgan fingerprint density at radius 1 is 0.808 bits per heavy atom. The lowest BCUT2D eigenvalue weighted by molar-refractivity contribution is -0.134. The average Bonchev–Trinajstić information content (AvgIpc) is 2.68. The van der Waals surface area contributed by atoms with Gasteiger partial charge in [0, 0.05) is 50.4 Å². The fourth-order valence-electron chi connectivity index (χ4n) is 3.13. The fourth-order valence-corrected chi connectivity index (χ4v) is 3.13. The summed E-state index contributed by atoms with van der Waals surface area (Å²) in [6.07, 6.45) is 0.452. The number of likely N-dealkylation sites (N-methyl/N-ethyl adjacent to an activating group) is 1. The third-order valence-electron chi connectivity index (χ3n) is 4.69. The molecule has 2 amide bonds. The van der Waals surface area contributed by atoms with Crippen molar-refractivity contribution in [2.75, 3.05) is 38.1 Å². The molecular formula is C21H25N3O2. The highest BCUT2D eigenvalue weighted by atomic mass is 16.2. The van der Waals surface area contributed by atoms with Crippen molar-refractivity contribution in [1.82, 2.24) is 9.80 Å². The molecule has 136 valence electrons. The molecule has 1 aliphatic heterocycles. The molecule has 1 heterocycles. The molecule has 0 saturated carbocycles. The van der Waals surface area contributed by atoms with Crippen LogP contribution in [-0.4, -0.2) is 54.8 Å². The van der Waals surface area contributed by atoms with Crippen LogP contribution in [0.3, 0.4) is 0 Å². The van der Waals surface area contributed by atoms with Crippen LogP contribution in [0.2, 0.25) is 0 Å². The smallest absolute Gasteiger partial charge is 0.232 e. The van der Waals surface area contributed by atoms with Gasteiger partial charge in [-0.15, -0.1) is 0 Å². The number of anilines is 2. The van der Waals surface area contributed by atoms with Gasteiger partial charge in [0.25, 0.3) is 0 Å². The van der Waals surface area contributed by atoms with E-state index in [0.29, 0.717) is 0 Å². The van der Waals surface area contributed by atoms with Crippen LogP contribution >= 0.6 is 0 Å². The Morgan fingerprint density at radius 3 is 1.81 bits per heavy atom. The lowest BCUT2D eigenvalue weighted by atomic mass is 10.2. The van der Waals surface area contributed by atoms with E-state index in [9.17, 15) is 9.59 Å². The van der Waals surface area contributed by atoms with Crippen LogP contribution < -0.4 is 4.90 Å². The molecule has 1 saturated heterocycles. The lowest BCUT2D eigenvalue weighted by Gasteiger charge is -2.32. The van der Waals surface area contributed by atoms with Gasteiger partial charge in [0.1, 0.15) is 0 Å². The summed E-state index contributed by atoms with van der Waals surface area (Å²) in [5.41, 5.74) is 1.63. The molecule has 0 spiro atoms. The van der Waals surface area contributed by atoms with Gasteiger partial charge in [-0.2, -0.15) is 0 Å². The SMILES string of the molecule is CN1CCN(C(=O)CCC(=O)N(c2ccccc2)c2ccccc2)CC1. The van der Waals surface area contributed by atoms with Crippen LogP contribution in [0.25, 0.3) is 0 Å². The largest absolute Gasteiger partial charge is 0.340 e. The van der Waals surface area contributed by atoms with Gasteiger partial charge < -0.3 is 9.80 Å². The first-order valence-electron chi connectivity index (χ1n) is 9.04. The van der Waals surface area contributed by atoms with Crippen molar-refractivity contribution in [1.29, 1.82) is 0 Å². The Morgan fingerprint density at radius 2 is 1.31 bits per heavy atom. The van der Waals surface area contributed by atoms with Crippen molar-refractivity contribution < 1.29 is 9.59 Å². The maximum atomic E-state index is 12.9.